The first-order chi connectivity index (χ1) is 7.45. The number of hydrogen-bond donors (Lipinski definition) is 2. The molecule has 0 aliphatic carbocycles. The molecule has 1 aromatic rings. The van der Waals surface area contributed by atoms with Crippen molar-refractivity contribution in [1.82, 2.24) is 4.98 Å². The predicted octanol–water partition coefficient (Wildman–Crippen LogP) is 1.87. The summed E-state index contributed by atoms with van der Waals surface area (Å²) in [5.41, 5.74) is 5.66. The van der Waals surface area contributed by atoms with Crippen LogP contribution in [0.4, 0.5) is 8.78 Å². The van der Waals surface area contributed by atoms with E-state index in [2.05, 4.69) is 20.9 Å². The molecule has 7 heteroatoms. The molecule has 0 atom stereocenters. The summed E-state index contributed by atoms with van der Waals surface area (Å²) in [5, 5.41) is 8.65. The first kappa shape index (κ1) is 13.0. The quantitative estimate of drug-likeness (QED) is 0.831. The van der Waals surface area contributed by atoms with Crippen molar-refractivity contribution < 1.29 is 18.7 Å². The standard InChI is InChI=1S/C9H9BrF2N2O2/c10-8-5(2-7(15)16)4(3-13)1-6(14-8)9(11)12/h1,9H,2-3,13H2,(H,15,16). The van der Waals surface area contributed by atoms with Crippen LogP contribution in [0.1, 0.15) is 23.2 Å². The smallest absolute Gasteiger partial charge is 0.307 e. The van der Waals surface area contributed by atoms with E-state index in [0.29, 0.717) is 11.1 Å². The number of hydrogen-bond acceptors (Lipinski definition) is 3. The lowest BCUT2D eigenvalue weighted by Gasteiger charge is -2.10. The van der Waals surface area contributed by atoms with E-state index in [4.69, 9.17) is 10.8 Å². The molecule has 0 unspecified atom stereocenters. The van der Waals surface area contributed by atoms with Crippen LogP contribution in [0.2, 0.25) is 0 Å². The Kier molecular flexibility index (Phi) is 4.31. The number of aliphatic carboxylic acids is 1. The third-order valence-electron chi connectivity index (χ3n) is 1.96. The molecule has 0 amide bonds. The van der Waals surface area contributed by atoms with E-state index >= 15 is 0 Å². The molecule has 1 heterocycles. The molecule has 0 spiro atoms. The third-order valence-corrected chi connectivity index (χ3v) is 2.61. The van der Waals surface area contributed by atoms with E-state index < -0.39 is 18.1 Å². The minimum Gasteiger partial charge on any atom is -0.481 e. The molecule has 0 radical (unpaired) electrons. The molecule has 0 fully saturated rings. The molecule has 0 aliphatic rings. The lowest BCUT2D eigenvalue weighted by atomic mass is 10.1. The zero-order valence-corrected chi connectivity index (χ0v) is 9.67. The van der Waals surface area contributed by atoms with Gasteiger partial charge in [0.2, 0.25) is 0 Å². The normalized spacial score (nSPS) is 10.8. The Morgan fingerprint density at radius 1 is 1.62 bits per heavy atom. The van der Waals surface area contributed by atoms with Gasteiger partial charge in [-0.05, 0) is 27.6 Å². The van der Waals surface area contributed by atoms with E-state index in [9.17, 15) is 13.6 Å². The first-order valence-electron chi connectivity index (χ1n) is 4.34. The molecule has 1 rings (SSSR count). The summed E-state index contributed by atoms with van der Waals surface area (Å²) in [6, 6.07) is 1.13. The molecule has 16 heavy (non-hydrogen) atoms. The van der Waals surface area contributed by atoms with Crippen LogP contribution in [0.5, 0.6) is 0 Å². The number of halogens is 3. The number of rotatable bonds is 4. The SMILES string of the molecule is NCc1cc(C(F)F)nc(Br)c1CC(=O)O. The van der Waals surface area contributed by atoms with Gasteiger partial charge in [0, 0.05) is 12.1 Å². The van der Waals surface area contributed by atoms with Gasteiger partial charge in [-0.2, -0.15) is 0 Å². The average Bonchev–Trinajstić information content (AvgIpc) is 2.19. The highest BCUT2D eigenvalue weighted by Gasteiger charge is 2.17. The number of nitrogens with zero attached hydrogens (tertiary/aromatic N) is 1. The van der Waals surface area contributed by atoms with Crippen molar-refractivity contribution >= 4 is 21.9 Å². The Hall–Kier alpha value is -1.08. The Bertz CT molecular complexity index is 413. The second kappa shape index (κ2) is 5.31. The number of aromatic nitrogens is 1. The van der Waals surface area contributed by atoms with Crippen LogP contribution in [-0.4, -0.2) is 16.1 Å². The number of carbonyl (C=O) groups is 1. The highest BCUT2D eigenvalue weighted by molar-refractivity contribution is 9.10. The molecule has 3 N–H and O–H groups in total. The van der Waals surface area contributed by atoms with Gasteiger partial charge in [-0.1, -0.05) is 0 Å². The summed E-state index contributed by atoms with van der Waals surface area (Å²) >= 11 is 2.97. The molecule has 0 saturated carbocycles. The van der Waals surface area contributed by atoms with E-state index in [0.717, 1.165) is 6.07 Å². The summed E-state index contributed by atoms with van der Waals surface area (Å²) in [4.78, 5) is 14.2. The van der Waals surface area contributed by atoms with Crippen LogP contribution in [-0.2, 0) is 17.8 Å². The average molecular weight is 295 g/mol. The summed E-state index contributed by atoms with van der Waals surface area (Å²) in [6.45, 7) is -0.0105. The number of carboxylic acids is 1. The molecule has 88 valence electrons. The summed E-state index contributed by atoms with van der Waals surface area (Å²) in [7, 11) is 0. The van der Waals surface area contributed by atoms with Crippen molar-refractivity contribution in [2.45, 2.75) is 19.4 Å². The predicted molar refractivity (Wildman–Crippen MR) is 56.1 cm³/mol. The second-order valence-corrected chi connectivity index (χ2v) is 3.80. The molecule has 0 saturated heterocycles. The third kappa shape index (κ3) is 2.96. The summed E-state index contributed by atoms with van der Waals surface area (Å²) in [5.74, 6) is -1.07. The molecule has 0 aliphatic heterocycles. The maximum Gasteiger partial charge on any atom is 0.307 e. The van der Waals surface area contributed by atoms with Crippen molar-refractivity contribution in [2.24, 2.45) is 5.73 Å². The monoisotopic (exact) mass is 294 g/mol. The largest absolute Gasteiger partial charge is 0.481 e. The van der Waals surface area contributed by atoms with Gasteiger partial charge in [-0.15, -0.1) is 0 Å². The summed E-state index contributed by atoms with van der Waals surface area (Å²) in [6.07, 6.45) is -3.01. The van der Waals surface area contributed by atoms with Gasteiger partial charge in [0.1, 0.15) is 10.3 Å². The number of alkyl halides is 2. The van der Waals surface area contributed by atoms with Gasteiger partial charge in [0.25, 0.3) is 6.43 Å². The van der Waals surface area contributed by atoms with Crippen LogP contribution in [0.15, 0.2) is 10.7 Å². The fraction of sp³-hybridized carbons (Fsp3) is 0.333. The van der Waals surface area contributed by atoms with Gasteiger partial charge in [0.15, 0.2) is 0 Å². The molecule has 4 nitrogen and oxygen atoms in total. The van der Waals surface area contributed by atoms with Crippen LogP contribution in [0.25, 0.3) is 0 Å². The minimum absolute atomic E-state index is 0.0105. The fourth-order valence-electron chi connectivity index (χ4n) is 1.24. The van der Waals surface area contributed by atoms with E-state index in [1.807, 2.05) is 0 Å². The first-order valence-corrected chi connectivity index (χ1v) is 5.13. The van der Waals surface area contributed by atoms with Crippen molar-refractivity contribution in [3.63, 3.8) is 0 Å². The molecule has 0 aromatic carbocycles. The Labute approximate surface area is 98.6 Å². The van der Waals surface area contributed by atoms with Crippen molar-refractivity contribution in [1.29, 1.82) is 0 Å². The number of nitrogens with two attached hydrogens (primary N) is 1. The van der Waals surface area contributed by atoms with Crippen LogP contribution < -0.4 is 5.73 Å². The van der Waals surface area contributed by atoms with Crippen LogP contribution in [0, 0.1) is 0 Å². The van der Waals surface area contributed by atoms with E-state index in [1.54, 1.807) is 0 Å². The Morgan fingerprint density at radius 2 is 2.25 bits per heavy atom. The lowest BCUT2D eigenvalue weighted by molar-refractivity contribution is -0.136. The topological polar surface area (TPSA) is 76.2 Å². The zero-order valence-electron chi connectivity index (χ0n) is 8.08. The van der Waals surface area contributed by atoms with Gasteiger partial charge in [-0.25, -0.2) is 13.8 Å². The second-order valence-electron chi connectivity index (χ2n) is 3.05. The summed E-state index contributed by atoms with van der Waals surface area (Å²) < 4.78 is 24.9. The highest BCUT2D eigenvalue weighted by atomic mass is 79.9. The van der Waals surface area contributed by atoms with Crippen molar-refractivity contribution in [3.8, 4) is 0 Å². The maximum atomic E-state index is 12.4. The van der Waals surface area contributed by atoms with Gasteiger partial charge in [0.05, 0.1) is 6.42 Å². The Balaban J connectivity index is 3.22. The number of pyridine rings is 1. The molecule has 1 aromatic heterocycles. The van der Waals surface area contributed by atoms with Crippen LogP contribution in [0.3, 0.4) is 0 Å². The highest BCUT2D eigenvalue weighted by Crippen LogP contribution is 2.25. The maximum absolute atomic E-state index is 12.4. The molecular weight excluding hydrogens is 286 g/mol. The molecular formula is C9H9BrF2N2O2. The lowest BCUT2D eigenvalue weighted by Crippen LogP contribution is -2.10. The van der Waals surface area contributed by atoms with E-state index in [-0.39, 0.29) is 17.6 Å². The minimum atomic E-state index is -2.71. The fourth-order valence-corrected chi connectivity index (χ4v) is 1.84. The number of carboxylic acid groups (broad SMARTS) is 1. The Morgan fingerprint density at radius 3 is 2.69 bits per heavy atom. The van der Waals surface area contributed by atoms with Crippen molar-refractivity contribution in [3.05, 3.63) is 27.5 Å². The van der Waals surface area contributed by atoms with Crippen molar-refractivity contribution in [2.75, 3.05) is 0 Å². The van der Waals surface area contributed by atoms with Gasteiger partial charge >= 0.3 is 5.97 Å². The van der Waals surface area contributed by atoms with Crippen LogP contribution >= 0.6 is 15.9 Å². The van der Waals surface area contributed by atoms with E-state index in [1.165, 1.54) is 0 Å². The van der Waals surface area contributed by atoms with Gasteiger partial charge in [-0.3, -0.25) is 4.79 Å². The zero-order chi connectivity index (χ0) is 12.3. The molecule has 0 bridgehead atoms. The van der Waals surface area contributed by atoms with Gasteiger partial charge < -0.3 is 10.8 Å².